The minimum absolute atomic E-state index is 0.209. The van der Waals surface area contributed by atoms with Crippen molar-refractivity contribution < 1.29 is 18.0 Å². The molecule has 1 aromatic carbocycles. The van der Waals surface area contributed by atoms with Crippen LogP contribution in [0.25, 0.3) is 0 Å². The molecule has 19 heavy (non-hydrogen) atoms. The van der Waals surface area contributed by atoms with Crippen molar-refractivity contribution in [3.05, 3.63) is 40.9 Å². The van der Waals surface area contributed by atoms with Crippen molar-refractivity contribution in [3.63, 3.8) is 0 Å². The third-order valence-corrected chi connectivity index (χ3v) is 4.31. The van der Waals surface area contributed by atoms with Crippen LogP contribution in [0.3, 0.4) is 0 Å². The lowest BCUT2D eigenvalue weighted by Crippen LogP contribution is -2.11. The molecule has 0 aliphatic rings. The molecular formula is C11H7F3N2OS2. The molecule has 0 fully saturated rings. The van der Waals surface area contributed by atoms with Gasteiger partial charge in [0.05, 0.1) is 11.8 Å². The van der Waals surface area contributed by atoms with Gasteiger partial charge in [0.25, 0.3) is 0 Å². The van der Waals surface area contributed by atoms with Gasteiger partial charge in [-0.25, -0.2) is 4.98 Å². The highest BCUT2D eigenvalue weighted by Crippen LogP contribution is 2.39. The number of primary amides is 1. The third kappa shape index (κ3) is 3.27. The molecule has 1 aromatic heterocycles. The van der Waals surface area contributed by atoms with E-state index in [1.54, 1.807) is 18.2 Å². The highest BCUT2D eigenvalue weighted by Gasteiger charge is 2.33. The van der Waals surface area contributed by atoms with Gasteiger partial charge in [-0.2, -0.15) is 13.2 Å². The Bertz CT molecular complexity index is 610. The average molecular weight is 304 g/mol. The SMILES string of the molecule is NC(=O)c1ccccc1Sc1ncc(C(F)(F)F)s1. The van der Waals surface area contributed by atoms with Gasteiger partial charge in [-0.1, -0.05) is 23.9 Å². The number of alkyl halides is 3. The van der Waals surface area contributed by atoms with Crippen molar-refractivity contribution in [2.24, 2.45) is 5.73 Å². The van der Waals surface area contributed by atoms with Gasteiger partial charge in [-0.15, -0.1) is 11.3 Å². The summed E-state index contributed by atoms with van der Waals surface area (Å²) in [4.78, 5) is 14.6. The van der Waals surface area contributed by atoms with E-state index in [0.717, 1.165) is 18.0 Å². The molecular weight excluding hydrogens is 297 g/mol. The predicted octanol–water partition coefficient (Wildman–Crippen LogP) is 3.41. The standard InChI is InChI=1S/C11H7F3N2OS2/c12-11(13,14)8-5-16-10(19-8)18-7-4-2-1-3-6(7)9(15)17/h1-5H,(H2,15,17). The molecule has 8 heteroatoms. The minimum Gasteiger partial charge on any atom is -0.366 e. The van der Waals surface area contributed by atoms with Crippen molar-refractivity contribution in [2.75, 3.05) is 0 Å². The number of nitrogens with zero attached hydrogens (tertiary/aromatic N) is 1. The van der Waals surface area contributed by atoms with Gasteiger partial charge in [0.1, 0.15) is 4.88 Å². The van der Waals surface area contributed by atoms with Crippen molar-refractivity contribution in [1.82, 2.24) is 4.98 Å². The van der Waals surface area contributed by atoms with Crippen LogP contribution < -0.4 is 5.73 Å². The number of halogens is 3. The molecule has 2 rings (SSSR count). The fourth-order valence-electron chi connectivity index (χ4n) is 1.29. The first-order valence-electron chi connectivity index (χ1n) is 4.97. The lowest BCUT2D eigenvalue weighted by Gasteiger charge is -2.03. The van der Waals surface area contributed by atoms with Crippen molar-refractivity contribution >= 4 is 29.0 Å². The van der Waals surface area contributed by atoms with Crippen molar-refractivity contribution in [2.45, 2.75) is 15.4 Å². The van der Waals surface area contributed by atoms with Crippen LogP contribution in [0.2, 0.25) is 0 Å². The van der Waals surface area contributed by atoms with E-state index in [1.807, 2.05) is 0 Å². The summed E-state index contributed by atoms with van der Waals surface area (Å²) in [6, 6.07) is 6.43. The zero-order chi connectivity index (χ0) is 14.0. The Kier molecular flexibility index (Phi) is 3.81. The number of nitrogens with two attached hydrogens (primary N) is 1. The summed E-state index contributed by atoms with van der Waals surface area (Å²) >= 11 is 1.52. The van der Waals surface area contributed by atoms with Crippen LogP contribution in [-0.2, 0) is 6.18 Å². The van der Waals surface area contributed by atoms with Crippen LogP contribution in [0.1, 0.15) is 15.2 Å². The molecule has 1 heterocycles. The van der Waals surface area contributed by atoms with E-state index in [9.17, 15) is 18.0 Å². The lowest BCUT2D eigenvalue weighted by molar-refractivity contribution is -0.134. The van der Waals surface area contributed by atoms with Crippen molar-refractivity contribution in [1.29, 1.82) is 0 Å². The first-order valence-corrected chi connectivity index (χ1v) is 6.61. The monoisotopic (exact) mass is 304 g/mol. The number of carbonyl (C=O) groups excluding carboxylic acids is 1. The van der Waals surface area contributed by atoms with Crippen LogP contribution in [0, 0.1) is 0 Å². The van der Waals surface area contributed by atoms with Crippen LogP contribution in [-0.4, -0.2) is 10.9 Å². The van der Waals surface area contributed by atoms with Gasteiger partial charge < -0.3 is 5.73 Å². The Morgan fingerprint density at radius 3 is 2.58 bits per heavy atom. The summed E-state index contributed by atoms with van der Waals surface area (Å²) in [6.45, 7) is 0. The maximum absolute atomic E-state index is 12.4. The number of hydrogen-bond donors (Lipinski definition) is 1. The normalized spacial score (nSPS) is 11.5. The number of hydrogen-bond acceptors (Lipinski definition) is 4. The Balaban J connectivity index is 2.27. The molecule has 0 atom stereocenters. The number of rotatable bonds is 3. The number of aromatic nitrogens is 1. The molecule has 0 saturated carbocycles. The van der Waals surface area contributed by atoms with Crippen LogP contribution in [0.15, 0.2) is 39.7 Å². The molecule has 0 saturated heterocycles. The van der Waals surface area contributed by atoms with E-state index in [-0.39, 0.29) is 9.90 Å². The quantitative estimate of drug-likeness (QED) is 0.945. The van der Waals surface area contributed by atoms with Gasteiger partial charge in [-0.3, -0.25) is 4.79 Å². The second-order valence-corrected chi connectivity index (χ2v) is 5.77. The van der Waals surface area contributed by atoms with E-state index in [1.165, 1.54) is 6.07 Å². The first kappa shape index (κ1) is 13.9. The van der Waals surface area contributed by atoms with E-state index >= 15 is 0 Å². The Labute approximate surface area is 114 Å². The molecule has 2 N–H and O–H groups in total. The van der Waals surface area contributed by atoms with E-state index in [4.69, 9.17) is 5.73 Å². The number of carbonyl (C=O) groups is 1. The summed E-state index contributed by atoms with van der Waals surface area (Å²) in [5.74, 6) is -0.629. The predicted molar refractivity (Wildman–Crippen MR) is 66.2 cm³/mol. The first-order chi connectivity index (χ1) is 8.88. The average Bonchev–Trinajstić information content (AvgIpc) is 2.77. The lowest BCUT2D eigenvalue weighted by atomic mass is 10.2. The van der Waals surface area contributed by atoms with E-state index < -0.39 is 17.0 Å². The molecule has 0 bridgehead atoms. The van der Waals surface area contributed by atoms with Gasteiger partial charge >= 0.3 is 6.18 Å². The molecule has 0 radical (unpaired) electrons. The second kappa shape index (κ2) is 5.22. The van der Waals surface area contributed by atoms with Gasteiger partial charge in [0, 0.05) is 4.90 Å². The molecule has 2 aromatic rings. The molecule has 0 aliphatic heterocycles. The Morgan fingerprint density at radius 1 is 1.32 bits per heavy atom. The molecule has 0 aliphatic carbocycles. The van der Waals surface area contributed by atoms with E-state index in [2.05, 4.69) is 4.98 Å². The van der Waals surface area contributed by atoms with Gasteiger partial charge in [0.15, 0.2) is 4.34 Å². The molecule has 100 valence electrons. The number of thiazole rings is 1. The van der Waals surface area contributed by atoms with E-state index in [0.29, 0.717) is 16.2 Å². The second-order valence-electron chi connectivity index (χ2n) is 3.45. The zero-order valence-electron chi connectivity index (χ0n) is 9.27. The van der Waals surface area contributed by atoms with Crippen LogP contribution in [0.5, 0.6) is 0 Å². The minimum atomic E-state index is -4.40. The fraction of sp³-hybridized carbons (Fsp3) is 0.0909. The summed E-state index contributed by atoms with van der Waals surface area (Å²) < 4.78 is 37.5. The highest BCUT2D eigenvalue weighted by atomic mass is 32.2. The molecule has 3 nitrogen and oxygen atoms in total. The largest absolute Gasteiger partial charge is 0.427 e. The maximum Gasteiger partial charge on any atom is 0.427 e. The smallest absolute Gasteiger partial charge is 0.366 e. The van der Waals surface area contributed by atoms with Crippen molar-refractivity contribution in [3.8, 4) is 0 Å². The summed E-state index contributed by atoms with van der Waals surface area (Å²) in [5.41, 5.74) is 5.45. The maximum atomic E-state index is 12.4. The topological polar surface area (TPSA) is 56.0 Å². The fourth-order valence-corrected chi connectivity index (χ4v) is 3.23. The van der Waals surface area contributed by atoms with Gasteiger partial charge in [-0.05, 0) is 12.1 Å². The Morgan fingerprint density at radius 2 is 2.00 bits per heavy atom. The highest BCUT2D eigenvalue weighted by molar-refractivity contribution is 8.01. The number of benzene rings is 1. The van der Waals surface area contributed by atoms with Gasteiger partial charge in [0.2, 0.25) is 5.91 Å². The summed E-state index contributed by atoms with van der Waals surface area (Å²) in [6.07, 6.45) is -3.63. The third-order valence-electron chi connectivity index (χ3n) is 2.11. The zero-order valence-corrected chi connectivity index (χ0v) is 10.9. The van der Waals surface area contributed by atoms with Crippen LogP contribution >= 0.6 is 23.1 Å². The molecule has 0 spiro atoms. The number of amides is 1. The van der Waals surface area contributed by atoms with Crippen LogP contribution in [0.4, 0.5) is 13.2 Å². The summed E-state index contributed by atoms with van der Waals surface area (Å²) in [5, 5.41) is 0. The molecule has 1 amide bonds. The Hall–Kier alpha value is -1.54. The summed E-state index contributed by atoms with van der Waals surface area (Å²) in [7, 11) is 0. The molecule has 0 unspecified atom stereocenters.